The second-order valence-corrected chi connectivity index (χ2v) is 10.6. The van der Waals surface area contributed by atoms with Crippen molar-refractivity contribution >= 4 is 23.5 Å². The van der Waals surface area contributed by atoms with Crippen LogP contribution in [0.2, 0.25) is 0 Å². The van der Waals surface area contributed by atoms with Crippen LogP contribution < -0.4 is 14.4 Å². The highest BCUT2D eigenvalue weighted by atomic mass is 16.7. The van der Waals surface area contributed by atoms with E-state index in [0.717, 1.165) is 19.3 Å². The standard InChI is InChI=1S/C29H36N4O7/c1-2-3-10-33(21-6-4-8-30-13-21)26(36)16-32-14-22(19-11-20(17-34)28-24(12-19)39-18-40-28)27(29(37)38)23(32)15-31-9-5-7-25(31)35/h4,6,8,11-13,22-23,27,34H,2-3,5,7,9-10,14-18H2,1H3,(H,37,38)/t22-,23+,27-/m1/s1. The number of amides is 2. The van der Waals surface area contributed by atoms with E-state index in [0.29, 0.717) is 54.4 Å². The van der Waals surface area contributed by atoms with Gasteiger partial charge in [0.25, 0.3) is 0 Å². The number of carbonyl (C=O) groups excluding carboxylic acids is 2. The van der Waals surface area contributed by atoms with Gasteiger partial charge < -0.3 is 29.5 Å². The summed E-state index contributed by atoms with van der Waals surface area (Å²) in [7, 11) is 0. The molecular formula is C29H36N4O7. The predicted molar refractivity (Wildman–Crippen MR) is 145 cm³/mol. The van der Waals surface area contributed by atoms with Crippen LogP contribution in [0.1, 0.15) is 49.7 Å². The normalized spacial score (nSPS) is 22.2. The monoisotopic (exact) mass is 552 g/mol. The number of carbonyl (C=O) groups is 3. The molecule has 2 amide bonds. The molecule has 11 nitrogen and oxygen atoms in total. The Kier molecular flexibility index (Phi) is 8.51. The zero-order valence-corrected chi connectivity index (χ0v) is 22.7. The van der Waals surface area contributed by atoms with Crippen molar-refractivity contribution in [3.8, 4) is 11.5 Å². The molecule has 4 heterocycles. The first-order chi connectivity index (χ1) is 19.4. The molecule has 0 aliphatic carbocycles. The van der Waals surface area contributed by atoms with Gasteiger partial charge in [-0.15, -0.1) is 0 Å². The van der Waals surface area contributed by atoms with Gasteiger partial charge in [-0.2, -0.15) is 0 Å². The van der Waals surface area contributed by atoms with Crippen LogP contribution in [0.5, 0.6) is 11.5 Å². The Morgan fingerprint density at radius 2 is 2.10 bits per heavy atom. The highest BCUT2D eigenvalue weighted by Gasteiger charge is 2.49. The topological polar surface area (TPSA) is 133 Å². The minimum atomic E-state index is -0.991. The van der Waals surface area contributed by atoms with Gasteiger partial charge in [0, 0.05) is 56.3 Å². The Bertz CT molecular complexity index is 1240. The van der Waals surface area contributed by atoms with Gasteiger partial charge in [0.2, 0.25) is 18.6 Å². The van der Waals surface area contributed by atoms with E-state index in [4.69, 9.17) is 9.47 Å². The summed E-state index contributed by atoms with van der Waals surface area (Å²) in [6.45, 7) is 3.44. The summed E-state index contributed by atoms with van der Waals surface area (Å²) in [6, 6.07) is 6.60. The number of carboxylic acids is 1. The molecule has 3 atom stereocenters. The number of pyridine rings is 1. The number of likely N-dealkylation sites (tertiary alicyclic amines) is 2. The first-order valence-corrected chi connectivity index (χ1v) is 13.9. The van der Waals surface area contributed by atoms with Crippen LogP contribution in [-0.4, -0.2) is 88.3 Å². The van der Waals surface area contributed by atoms with Crippen LogP contribution in [0.3, 0.4) is 0 Å². The lowest BCUT2D eigenvalue weighted by atomic mass is 9.84. The summed E-state index contributed by atoms with van der Waals surface area (Å²) in [4.78, 5) is 48.7. The molecule has 0 bridgehead atoms. The summed E-state index contributed by atoms with van der Waals surface area (Å²) in [5, 5.41) is 20.5. The van der Waals surface area contributed by atoms with Crippen molar-refractivity contribution in [2.24, 2.45) is 5.92 Å². The van der Waals surface area contributed by atoms with Crippen LogP contribution in [-0.2, 0) is 21.0 Å². The number of unbranched alkanes of at least 4 members (excludes halogenated alkanes) is 1. The van der Waals surface area contributed by atoms with E-state index in [9.17, 15) is 24.6 Å². The third kappa shape index (κ3) is 5.62. The zero-order valence-electron chi connectivity index (χ0n) is 22.7. The van der Waals surface area contributed by atoms with Gasteiger partial charge in [-0.1, -0.05) is 13.3 Å². The molecule has 2 saturated heterocycles. The molecule has 0 spiro atoms. The van der Waals surface area contributed by atoms with Crippen LogP contribution in [0, 0.1) is 5.92 Å². The number of hydrogen-bond donors (Lipinski definition) is 2. The average Bonchev–Trinajstić information content (AvgIpc) is 3.68. The lowest BCUT2D eigenvalue weighted by Crippen LogP contribution is -2.49. The Morgan fingerprint density at radius 1 is 1.25 bits per heavy atom. The first kappa shape index (κ1) is 27.9. The molecule has 0 unspecified atom stereocenters. The number of carboxylic acid groups (broad SMARTS) is 1. The van der Waals surface area contributed by atoms with Gasteiger partial charge in [0.1, 0.15) is 0 Å². The van der Waals surface area contributed by atoms with Crippen LogP contribution >= 0.6 is 0 Å². The fourth-order valence-electron chi connectivity index (χ4n) is 6.10. The number of aliphatic carboxylic acids is 1. The van der Waals surface area contributed by atoms with Crippen molar-refractivity contribution in [3.05, 3.63) is 47.8 Å². The number of rotatable bonds is 11. The number of aromatic nitrogens is 1. The molecule has 3 aliphatic heterocycles. The lowest BCUT2D eigenvalue weighted by molar-refractivity contribution is -0.144. The minimum absolute atomic E-state index is 0.00297. The van der Waals surface area contributed by atoms with Gasteiger partial charge in [-0.25, -0.2) is 0 Å². The van der Waals surface area contributed by atoms with Crippen molar-refractivity contribution in [3.63, 3.8) is 0 Å². The van der Waals surface area contributed by atoms with E-state index in [2.05, 4.69) is 11.9 Å². The van der Waals surface area contributed by atoms with Crippen molar-refractivity contribution in [2.45, 2.75) is 51.2 Å². The quantitative estimate of drug-likeness (QED) is 0.431. The smallest absolute Gasteiger partial charge is 0.308 e. The number of ether oxygens (including phenoxy) is 2. The molecule has 3 aliphatic rings. The maximum Gasteiger partial charge on any atom is 0.308 e. The van der Waals surface area contributed by atoms with E-state index < -0.39 is 23.8 Å². The molecular weight excluding hydrogens is 516 g/mol. The van der Waals surface area contributed by atoms with Crippen molar-refractivity contribution in [2.75, 3.05) is 44.4 Å². The Morgan fingerprint density at radius 3 is 2.77 bits per heavy atom. The maximum atomic E-state index is 13.8. The van der Waals surface area contributed by atoms with Crippen LogP contribution in [0.25, 0.3) is 0 Å². The summed E-state index contributed by atoms with van der Waals surface area (Å²) in [5.41, 5.74) is 1.92. The number of fused-ring (bicyclic) bond motifs is 1. The summed E-state index contributed by atoms with van der Waals surface area (Å²) in [5.74, 6) is -1.57. The third-order valence-corrected chi connectivity index (χ3v) is 8.11. The van der Waals surface area contributed by atoms with Gasteiger partial charge in [-0.05, 0) is 42.7 Å². The van der Waals surface area contributed by atoms with Crippen molar-refractivity contribution < 1.29 is 34.1 Å². The Labute approximate surface area is 233 Å². The molecule has 11 heteroatoms. The second-order valence-electron chi connectivity index (χ2n) is 10.6. The van der Waals surface area contributed by atoms with Gasteiger partial charge >= 0.3 is 5.97 Å². The SMILES string of the molecule is CCCCN(C(=O)CN1C[C@H](c2cc(CO)c3c(c2)OCO3)[C@@H](C(=O)O)[C@@H]1CN1CCCC1=O)c1cccnc1. The number of nitrogens with zero attached hydrogens (tertiary/aromatic N) is 4. The molecule has 2 fully saturated rings. The highest BCUT2D eigenvalue weighted by molar-refractivity contribution is 5.94. The summed E-state index contributed by atoms with van der Waals surface area (Å²) in [6.07, 6.45) is 6.22. The Balaban J connectivity index is 1.48. The van der Waals surface area contributed by atoms with Crippen molar-refractivity contribution in [1.82, 2.24) is 14.8 Å². The molecule has 214 valence electrons. The summed E-state index contributed by atoms with van der Waals surface area (Å²) >= 11 is 0. The van der Waals surface area contributed by atoms with E-state index in [1.165, 1.54) is 0 Å². The minimum Gasteiger partial charge on any atom is -0.481 e. The maximum absolute atomic E-state index is 13.8. The number of aliphatic hydroxyl groups is 1. The first-order valence-electron chi connectivity index (χ1n) is 13.9. The second kappa shape index (κ2) is 12.2. The largest absolute Gasteiger partial charge is 0.481 e. The van der Waals surface area contributed by atoms with E-state index in [-0.39, 0.29) is 38.3 Å². The number of anilines is 1. The zero-order chi connectivity index (χ0) is 28.2. The van der Waals surface area contributed by atoms with Gasteiger partial charge in [0.05, 0.1) is 31.0 Å². The summed E-state index contributed by atoms with van der Waals surface area (Å²) < 4.78 is 11.1. The molecule has 1 aromatic heterocycles. The van der Waals surface area contributed by atoms with Crippen LogP contribution in [0.4, 0.5) is 5.69 Å². The predicted octanol–water partition coefficient (Wildman–Crippen LogP) is 2.23. The van der Waals surface area contributed by atoms with Crippen LogP contribution in [0.15, 0.2) is 36.7 Å². The average molecular weight is 553 g/mol. The molecule has 2 N–H and O–H groups in total. The number of benzene rings is 1. The van der Waals surface area contributed by atoms with E-state index in [1.807, 2.05) is 11.0 Å². The molecule has 2 aromatic rings. The highest BCUT2D eigenvalue weighted by Crippen LogP contribution is 2.44. The van der Waals surface area contributed by atoms with E-state index in [1.54, 1.807) is 40.4 Å². The molecule has 1 aromatic carbocycles. The fraction of sp³-hybridized carbons (Fsp3) is 0.517. The molecule has 0 radical (unpaired) electrons. The van der Waals surface area contributed by atoms with Gasteiger partial charge in [0.15, 0.2) is 11.5 Å². The molecule has 0 saturated carbocycles. The third-order valence-electron chi connectivity index (χ3n) is 8.11. The van der Waals surface area contributed by atoms with Crippen molar-refractivity contribution in [1.29, 1.82) is 0 Å². The number of hydrogen-bond acceptors (Lipinski definition) is 8. The lowest BCUT2D eigenvalue weighted by Gasteiger charge is -2.32. The van der Waals surface area contributed by atoms with E-state index >= 15 is 0 Å². The Hall–Kier alpha value is -3.70. The molecule has 5 rings (SSSR count). The number of aliphatic hydroxyl groups excluding tert-OH is 1. The van der Waals surface area contributed by atoms with Gasteiger partial charge in [-0.3, -0.25) is 24.3 Å². The molecule has 40 heavy (non-hydrogen) atoms. The fourth-order valence-corrected chi connectivity index (χ4v) is 6.10.